The number of carbonyl (C=O) groups is 1. The average molecular weight is 480 g/mol. The first-order valence-corrected chi connectivity index (χ1v) is 11.1. The summed E-state index contributed by atoms with van der Waals surface area (Å²) in [6, 6.07) is 7.72. The van der Waals surface area contributed by atoms with Gasteiger partial charge in [-0.1, -0.05) is 12.1 Å². The van der Waals surface area contributed by atoms with E-state index in [4.69, 9.17) is 25.0 Å². The minimum Gasteiger partial charge on any atom is -0.486 e. The Bertz CT molecular complexity index is 1320. The number of fused-ring (bicyclic) bond motifs is 4. The van der Waals surface area contributed by atoms with E-state index in [-0.39, 0.29) is 24.3 Å². The lowest BCUT2D eigenvalue weighted by molar-refractivity contribution is -0.133. The molecule has 0 aliphatic carbocycles. The first-order valence-electron chi connectivity index (χ1n) is 11.1. The quantitative estimate of drug-likeness (QED) is 0.291. The molecule has 1 unspecified atom stereocenters. The molecule has 35 heavy (non-hydrogen) atoms. The summed E-state index contributed by atoms with van der Waals surface area (Å²) < 4.78 is 13.6. The van der Waals surface area contributed by atoms with E-state index < -0.39 is 5.97 Å². The number of aromatic nitrogens is 4. The number of nitrogens with one attached hydrogen (secondary N) is 3. The van der Waals surface area contributed by atoms with E-state index in [1.807, 2.05) is 28.8 Å². The second-order valence-electron chi connectivity index (χ2n) is 8.22. The number of hydrogen-bond acceptors (Lipinski definition) is 11. The second kappa shape index (κ2) is 9.18. The minimum atomic E-state index is -1.23. The van der Waals surface area contributed by atoms with Crippen molar-refractivity contribution in [2.24, 2.45) is 5.11 Å². The van der Waals surface area contributed by atoms with Crippen LogP contribution in [-0.4, -0.2) is 69.5 Å². The molecule has 2 aliphatic heterocycles. The Labute approximate surface area is 200 Å². The Hall–Kier alpha value is -4.26. The van der Waals surface area contributed by atoms with Crippen molar-refractivity contribution in [1.82, 2.24) is 24.8 Å². The van der Waals surface area contributed by atoms with E-state index in [1.54, 1.807) is 7.05 Å². The van der Waals surface area contributed by atoms with Gasteiger partial charge >= 0.3 is 5.97 Å². The molecule has 2 aliphatic rings. The lowest BCUT2D eigenvalue weighted by atomic mass is 10.1. The summed E-state index contributed by atoms with van der Waals surface area (Å²) in [6.07, 6.45) is 0.931. The maximum absolute atomic E-state index is 11.5. The van der Waals surface area contributed by atoms with Crippen LogP contribution < -0.4 is 20.3 Å². The fraction of sp³-hybridized carbons (Fsp3) is 0.364. The number of aliphatic carboxylic acids is 1. The van der Waals surface area contributed by atoms with E-state index in [2.05, 4.69) is 32.6 Å². The van der Waals surface area contributed by atoms with Crippen LogP contribution >= 0.6 is 0 Å². The molecule has 0 amide bonds. The van der Waals surface area contributed by atoms with E-state index in [9.17, 15) is 9.90 Å². The van der Waals surface area contributed by atoms with Crippen LogP contribution in [0.15, 0.2) is 41.3 Å². The van der Waals surface area contributed by atoms with Crippen LogP contribution in [0.2, 0.25) is 0 Å². The minimum absolute atomic E-state index is 0.00491. The van der Waals surface area contributed by atoms with Gasteiger partial charge in [-0.25, -0.2) is 24.9 Å². The molecule has 182 valence electrons. The smallest absolute Gasteiger partial charge is 0.353 e. The van der Waals surface area contributed by atoms with Gasteiger partial charge in [-0.15, -0.1) is 0 Å². The van der Waals surface area contributed by atoms with Crippen LogP contribution in [-0.2, 0) is 16.1 Å². The number of hydrogen-bond donors (Lipinski definition) is 4. The number of carboxylic acids is 1. The lowest BCUT2D eigenvalue weighted by Crippen LogP contribution is -2.56. The summed E-state index contributed by atoms with van der Waals surface area (Å²) in [5.74, 6) is 0.795. The molecule has 3 aromatic rings. The van der Waals surface area contributed by atoms with Crippen molar-refractivity contribution in [2.45, 2.75) is 25.6 Å². The predicted molar refractivity (Wildman–Crippen MR) is 126 cm³/mol. The summed E-state index contributed by atoms with van der Waals surface area (Å²) in [7, 11) is 1.77. The van der Waals surface area contributed by atoms with Crippen molar-refractivity contribution in [1.29, 1.82) is 5.53 Å². The molecule has 1 fully saturated rings. The highest BCUT2D eigenvalue weighted by molar-refractivity contribution is 5.85. The summed E-state index contributed by atoms with van der Waals surface area (Å²) >= 11 is 0. The third kappa shape index (κ3) is 3.99. The molecule has 2 aromatic heterocycles. The zero-order chi connectivity index (χ0) is 24.5. The SMILES string of the molecule is CNc1nc2ccccc2n1-c1nc(CN/C(=C\N=N)C(=O)O)c2c(n1)N1C(COC[C@H]1C)CO2. The molecule has 4 heterocycles. The van der Waals surface area contributed by atoms with E-state index in [0.29, 0.717) is 49.0 Å². The monoisotopic (exact) mass is 479 g/mol. The fourth-order valence-corrected chi connectivity index (χ4v) is 4.41. The number of morpholine rings is 1. The molecular formula is C22H25N9O4. The van der Waals surface area contributed by atoms with Crippen LogP contribution in [0.1, 0.15) is 12.6 Å². The van der Waals surface area contributed by atoms with Crippen LogP contribution in [0.5, 0.6) is 5.75 Å². The highest BCUT2D eigenvalue weighted by Crippen LogP contribution is 2.38. The molecule has 1 saturated heterocycles. The van der Waals surface area contributed by atoms with Crippen LogP contribution in [0.4, 0.5) is 11.8 Å². The van der Waals surface area contributed by atoms with Crippen LogP contribution in [0.3, 0.4) is 0 Å². The highest BCUT2D eigenvalue weighted by atomic mass is 16.5. The molecule has 5 rings (SSSR count). The first-order chi connectivity index (χ1) is 17.0. The summed E-state index contributed by atoms with van der Waals surface area (Å²) in [5, 5.41) is 18.4. The average Bonchev–Trinajstić information content (AvgIpc) is 3.24. The zero-order valence-electron chi connectivity index (χ0n) is 19.2. The first kappa shape index (κ1) is 22.5. The number of imidazole rings is 1. The Morgan fingerprint density at radius 1 is 1.29 bits per heavy atom. The topological polar surface area (TPSA) is 163 Å². The Morgan fingerprint density at radius 3 is 2.89 bits per heavy atom. The second-order valence-corrected chi connectivity index (χ2v) is 8.22. The normalized spacial score (nSPS) is 19.5. The van der Waals surface area contributed by atoms with Gasteiger partial charge in [0.2, 0.25) is 11.9 Å². The number of benzene rings is 1. The molecular weight excluding hydrogens is 454 g/mol. The van der Waals surface area contributed by atoms with Crippen LogP contribution in [0.25, 0.3) is 17.0 Å². The summed E-state index contributed by atoms with van der Waals surface area (Å²) in [5.41, 5.74) is 8.83. The van der Waals surface area contributed by atoms with Gasteiger partial charge in [-0.3, -0.25) is 0 Å². The van der Waals surface area contributed by atoms with Gasteiger partial charge in [-0.05, 0) is 19.1 Å². The lowest BCUT2D eigenvalue weighted by Gasteiger charge is -2.44. The van der Waals surface area contributed by atoms with Crippen molar-refractivity contribution in [3.63, 3.8) is 0 Å². The van der Waals surface area contributed by atoms with Gasteiger partial charge in [0.1, 0.15) is 18.0 Å². The van der Waals surface area contributed by atoms with Gasteiger partial charge < -0.3 is 30.1 Å². The van der Waals surface area contributed by atoms with Crippen molar-refractivity contribution in [3.05, 3.63) is 41.9 Å². The number of nitrogens with zero attached hydrogens (tertiary/aromatic N) is 6. The number of carboxylic acid groups (broad SMARTS) is 1. The summed E-state index contributed by atoms with van der Waals surface area (Å²) in [6.45, 7) is 3.55. The summed E-state index contributed by atoms with van der Waals surface area (Å²) in [4.78, 5) is 28.0. The maximum atomic E-state index is 11.5. The number of ether oxygens (including phenoxy) is 2. The van der Waals surface area contributed by atoms with Crippen molar-refractivity contribution in [3.8, 4) is 11.7 Å². The Kier molecular flexibility index (Phi) is 5.91. The third-order valence-corrected chi connectivity index (χ3v) is 5.96. The molecule has 0 radical (unpaired) electrons. The Balaban J connectivity index is 1.67. The molecule has 1 aromatic carbocycles. The molecule has 13 heteroatoms. The van der Waals surface area contributed by atoms with Gasteiger partial charge in [-0.2, -0.15) is 10.1 Å². The van der Waals surface area contributed by atoms with E-state index in [1.165, 1.54) is 0 Å². The molecule has 0 spiro atoms. The van der Waals surface area contributed by atoms with Crippen molar-refractivity contribution in [2.75, 3.05) is 37.1 Å². The molecule has 0 saturated carbocycles. The van der Waals surface area contributed by atoms with Crippen LogP contribution in [0, 0.1) is 5.53 Å². The van der Waals surface area contributed by atoms with Gasteiger partial charge in [0.15, 0.2) is 11.6 Å². The molecule has 4 N–H and O–H groups in total. The van der Waals surface area contributed by atoms with Gasteiger partial charge in [0.25, 0.3) is 0 Å². The highest BCUT2D eigenvalue weighted by Gasteiger charge is 2.38. The Morgan fingerprint density at radius 2 is 2.11 bits per heavy atom. The van der Waals surface area contributed by atoms with E-state index in [0.717, 1.165) is 17.2 Å². The maximum Gasteiger partial charge on any atom is 0.353 e. The molecule has 13 nitrogen and oxygen atoms in total. The van der Waals surface area contributed by atoms with Crippen molar-refractivity contribution < 1.29 is 19.4 Å². The predicted octanol–water partition coefficient (Wildman–Crippen LogP) is 1.89. The largest absolute Gasteiger partial charge is 0.486 e. The fourth-order valence-electron chi connectivity index (χ4n) is 4.41. The van der Waals surface area contributed by atoms with E-state index >= 15 is 0 Å². The standard InChI is InChI=1S/C22H25N9O4/c1-12-9-34-10-13-11-35-18-15(7-25-16(8-26-23)20(32)33)28-22(29-19(18)30(12)13)31-17-6-4-3-5-14(17)27-21(31)24-2/h3-6,8,12-13,23,25H,7,9-11H2,1-2H3,(H,24,27)(H,32,33)/b16-8-,26-23?/t12-,13?/m1/s1. The van der Waals surface area contributed by atoms with Gasteiger partial charge in [0.05, 0.1) is 49.1 Å². The third-order valence-electron chi connectivity index (χ3n) is 5.96. The number of para-hydroxylation sites is 2. The zero-order valence-corrected chi connectivity index (χ0v) is 19.2. The van der Waals surface area contributed by atoms with Gasteiger partial charge in [0, 0.05) is 7.05 Å². The van der Waals surface area contributed by atoms with Crippen molar-refractivity contribution >= 4 is 28.8 Å². The number of rotatable bonds is 7. The molecule has 2 atom stereocenters. The number of anilines is 2. The molecule has 0 bridgehead atoms.